The van der Waals surface area contributed by atoms with E-state index in [1.807, 2.05) is 36.9 Å². The number of aromatic nitrogens is 1. The summed E-state index contributed by atoms with van der Waals surface area (Å²) >= 11 is 0. The Kier molecular flexibility index (Phi) is 6.85. The van der Waals surface area contributed by atoms with Crippen molar-refractivity contribution >= 4 is 15.9 Å². The molecule has 30 heavy (non-hydrogen) atoms. The fourth-order valence-corrected chi connectivity index (χ4v) is 5.32. The van der Waals surface area contributed by atoms with Gasteiger partial charge in [-0.15, -0.1) is 0 Å². The van der Waals surface area contributed by atoms with Crippen molar-refractivity contribution in [3.05, 3.63) is 59.9 Å². The number of nitriles is 1. The first kappa shape index (κ1) is 21.9. The van der Waals surface area contributed by atoms with Gasteiger partial charge in [-0.1, -0.05) is 6.07 Å². The largest absolute Gasteiger partial charge is 0.336 e. The second-order valence-corrected chi connectivity index (χ2v) is 9.34. The first-order chi connectivity index (χ1) is 14.4. The normalized spacial score (nSPS) is 16.6. The fraction of sp³-hybridized carbons (Fsp3) is 0.409. The van der Waals surface area contributed by atoms with Crippen molar-refractivity contribution in [1.82, 2.24) is 14.2 Å². The maximum atomic E-state index is 13.1. The predicted octanol–water partition coefficient (Wildman–Crippen LogP) is 2.96. The third-order valence-corrected chi connectivity index (χ3v) is 7.60. The smallest absolute Gasteiger partial charge is 0.243 e. The zero-order valence-corrected chi connectivity index (χ0v) is 18.0. The van der Waals surface area contributed by atoms with Gasteiger partial charge in [-0.25, -0.2) is 8.42 Å². The lowest BCUT2D eigenvalue weighted by molar-refractivity contribution is -0.138. The highest BCUT2D eigenvalue weighted by Gasteiger charge is 2.34. The van der Waals surface area contributed by atoms with Crippen molar-refractivity contribution < 1.29 is 13.2 Å². The van der Waals surface area contributed by atoms with E-state index in [0.29, 0.717) is 38.0 Å². The number of hydrogen-bond acceptors (Lipinski definition) is 5. The minimum absolute atomic E-state index is 0.0595. The Balaban J connectivity index is 1.66. The number of amides is 1. The van der Waals surface area contributed by atoms with Crippen LogP contribution in [-0.2, 0) is 14.8 Å². The van der Waals surface area contributed by atoms with Crippen molar-refractivity contribution in [1.29, 1.82) is 5.26 Å². The summed E-state index contributed by atoms with van der Waals surface area (Å²) in [5, 5.41) is 8.89. The van der Waals surface area contributed by atoms with E-state index in [4.69, 9.17) is 5.26 Å². The minimum atomic E-state index is -3.63. The van der Waals surface area contributed by atoms with Crippen LogP contribution in [-0.4, -0.2) is 48.1 Å². The number of carbonyl (C=O) groups is 1. The minimum Gasteiger partial charge on any atom is -0.336 e. The lowest BCUT2D eigenvalue weighted by atomic mass is 9.95. The number of piperidine rings is 1. The topological polar surface area (TPSA) is 94.4 Å². The van der Waals surface area contributed by atoms with Crippen LogP contribution in [0.5, 0.6) is 0 Å². The molecule has 0 saturated carbocycles. The van der Waals surface area contributed by atoms with Gasteiger partial charge in [0.2, 0.25) is 15.9 Å². The van der Waals surface area contributed by atoms with E-state index >= 15 is 0 Å². The SMILES string of the molecule is CCN(C(=O)C1CCN(S(=O)(=O)c2ccc(C#N)cc2)CC1)C(C)c1cccnc1. The molecule has 0 N–H and O–H groups in total. The van der Waals surface area contributed by atoms with Crippen molar-refractivity contribution in [3.8, 4) is 6.07 Å². The molecule has 1 unspecified atom stereocenters. The molecule has 1 atom stereocenters. The van der Waals surface area contributed by atoms with Crippen LogP contribution in [0.4, 0.5) is 0 Å². The average molecular weight is 427 g/mol. The van der Waals surface area contributed by atoms with E-state index in [9.17, 15) is 13.2 Å². The number of benzene rings is 1. The van der Waals surface area contributed by atoms with Crippen LogP contribution in [0, 0.1) is 17.2 Å². The molecule has 0 aliphatic carbocycles. The molecule has 2 heterocycles. The summed E-state index contributed by atoms with van der Waals surface area (Å²) in [6.07, 6.45) is 4.46. The highest BCUT2D eigenvalue weighted by atomic mass is 32.2. The van der Waals surface area contributed by atoms with Gasteiger partial charge in [0.1, 0.15) is 0 Å². The summed E-state index contributed by atoms with van der Waals surface area (Å²) < 4.78 is 27.2. The highest BCUT2D eigenvalue weighted by Crippen LogP contribution is 2.28. The molecule has 1 aromatic heterocycles. The van der Waals surface area contributed by atoms with Gasteiger partial charge in [0, 0.05) is 37.9 Å². The predicted molar refractivity (Wildman–Crippen MR) is 113 cm³/mol. The summed E-state index contributed by atoms with van der Waals surface area (Å²) in [4.78, 5) is 19.3. The number of hydrogen-bond donors (Lipinski definition) is 0. The third-order valence-electron chi connectivity index (χ3n) is 5.68. The van der Waals surface area contributed by atoms with Crippen molar-refractivity contribution in [3.63, 3.8) is 0 Å². The van der Waals surface area contributed by atoms with Gasteiger partial charge in [-0.2, -0.15) is 9.57 Å². The Morgan fingerprint density at radius 3 is 2.47 bits per heavy atom. The van der Waals surface area contributed by atoms with Gasteiger partial charge in [0.25, 0.3) is 0 Å². The molecule has 1 amide bonds. The summed E-state index contributed by atoms with van der Waals surface area (Å²) in [5.74, 6) is -0.138. The maximum Gasteiger partial charge on any atom is 0.243 e. The first-order valence-electron chi connectivity index (χ1n) is 10.1. The van der Waals surface area contributed by atoms with E-state index in [1.165, 1.54) is 28.6 Å². The molecule has 1 saturated heterocycles. The number of carbonyl (C=O) groups excluding carboxylic acids is 1. The van der Waals surface area contributed by atoms with Crippen LogP contribution < -0.4 is 0 Å². The molecule has 0 bridgehead atoms. The van der Waals surface area contributed by atoms with E-state index < -0.39 is 10.0 Å². The fourth-order valence-electron chi connectivity index (χ4n) is 3.85. The molecule has 7 nitrogen and oxygen atoms in total. The Morgan fingerprint density at radius 1 is 1.27 bits per heavy atom. The number of nitrogens with zero attached hydrogens (tertiary/aromatic N) is 4. The van der Waals surface area contributed by atoms with Crippen LogP contribution in [0.3, 0.4) is 0 Å². The molecule has 8 heteroatoms. The summed E-state index contributed by atoms with van der Waals surface area (Å²) in [6.45, 7) is 5.13. The summed E-state index contributed by atoms with van der Waals surface area (Å²) in [7, 11) is -3.63. The van der Waals surface area contributed by atoms with Gasteiger partial charge < -0.3 is 4.90 Å². The van der Waals surface area contributed by atoms with Crippen LogP contribution in [0.2, 0.25) is 0 Å². The first-order valence-corrected chi connectivity index (χ1v) is 11.5. The molecule has 3 rings (SSSR count). The van der Waals surface area contributed by atoms with Crippen molar-refractivity contribution in [2.24, 2.45) is 5.92 Å². The Hall–Kier alpha value is -2.76. The molecule has 1 fully saturated rings. The van der Waals surface area contributed by atoms with Gasteiger partial charge in [0.15, 0.2) is 0 Å². The number of pyridine rings is 1. The maximum absolute atomic E-state index is 13.1. The van der Waals surface area contributed by atoms with E-state index in [-0.39, 0.29) is 22.8 Å². The van der Waals surface area contributed by atoms with E-state index in [1.54, 1.807) is 12.4 Å². The third kappa shape index (κ3) is 4.53. The summed E-state index contributed by atoms with van der Waals surface area (Å²) in [6, 6.07) is 11.6. The molecule has 1 aliphatic rings. The van der Waals surface area contributed by atoms with E-state index in [2.05, 4.69) is 4.98 Å². The van der Waals surface area contributed by atoms with Crippen LogP contribution in [0.1, 0.15) is 43.9 Å². The standard InChI is InChI=1S/C22H26N4O3S/c1-3-26(17(2)20-5-4-12-24-16-20)22(27)19-10-13-25(14-11-19)30(28,29)21-8-6-18(15-23)7-9-21/h4-9,12,16-17,19H,3,10-11,13-14H2,1-2H3. The lowest BCUT2D eigenvalue weighted by Crippen LogP contribution is -2.45. The Bertz CT molecular complexity index is 1010. The zero-order chi connectivity index (χ0) is 21.7. The molecule has 1 aromatic carbocycles. The van der Waals surface area contributed by atoms with E-state index in [0.717, 1.165) is 5.56 Å². The van der Waals surface area contributed by atoms with Crippen LogP contribution in [0.15, 0.2) is 53.7 Å². The van der Waals surface area contributed by atoms with Crippen molar-refractivity contribution in [2.45, 2.75) is 37.6 Å². The molecule has 0 spiro atoms. The second kappa shape index (κ2) is 9.37. The Labute approximate surface area is 178 Å². The molecule has 0 radical (unpaired) electrons. The van der Waals surface area contributed by atoms with Crippen LogP contribution >= 0.6 is 0 Å². The number of rotatable bonds is 6. The zero-order valence-electron chi connectivity index (χ0n) is 17.2. The van der Waals surface area contributed by atoms with Crippen LogP contribution in [0.25, 0.3) is 0 Å². The second-order valence-electron chi connectivity index (χ2n) is 7.40. The average Bonchev–Trinajstić information content (AvgIpc) is 2.80. The monoisotopic (exact) mass is 426 g/mol. The molecule has 158 valence electrons. The molecule has 2 aromatic rings. The Morgan fingerprint density at radius 2 is 1.93 bits per heavy atom. The van der Waals surface area contributed by atoms with Crippen molar-refractivity contribution in [2.75, 3.05) is 19.6 Å². The summed E-state index contributed by atoms with van der Waals surface area (Å²) in [5.41, 5.74) is 1.40. The van der Waals surface area contributed by atoms with Gasteiger partial charge in [0.05, 0.1) is 22.6 Å². The molecular weight excluding hydrogens is 400 g/mol. The molecule has 1 aliphatic heterocycles. The van der Waals surface area contributed by atoms with Gasteiger partial charge in [-0.05, 0) is 62.6 Å². The van der Waals surface area contributed by atoms with Gasteiger partial charge in [-0.3, -0.25) is 9.78 Å². The van der Waals surface area contributed by atoms with Gasteiger partial charge >= 0.3 is 0 Å². The quantitative estimate of drug-likeness (QED) is 0.708. The highest BCUT2D eigenvalue weighted by molar-refractivity contribution is 7.89. The number of sulfonamides is 1. The molecular formula is C22H26N4O3S. The lowest BCUT2D eigenvalue weighted by Gasteiger charge is -2.35.